The Morgan fingerprint density at radius 3 is 3.00 bits per heavy atom. The zero-order chi connectivity index (χ0) is 22.1. The predicted octanol–water partition coefficient (Wildman–Crippen LogP) is 5.14. The van der Waals surface area contributed by atoms with Crippen molar-refractivity contribution in [3.63, 3.8) is 0 Å². The molecule has 32 heavy (non-hydrogen) atoms. The Morgan fingerprint density at radius 1 is 1.28 bits per heavy atom. The molecule has 7 heteroatoms. The van der Waals surface area contributed by atoms with E-state index in [-0.39, 0.29) is 17.8 Å². The summed E-state index contributed by atoms with van der Waals surface area (Å²) in [7, 11) is 0. The Bertz CT molecular complexity index is 1270. The monoisotopic (exact) mass is 432 g/mol. The third-order valence-corrected chi connectivity index (χ3v) is 5.95. The number of nitrogens with zero attached hydrogens (tertiary/aromatic N) is 2. The molecule has 0 saturated carbocycles. The Balaban J connectivity index is 1.30. The molecule has 2 aromatic carbocycles. The number of allylic oxidation sites excluding steroid dienone is 1. The van der Waals surface area contributed by atoms with Crippen molar-refractivity contribution in [3.05, 3.63) is 77.7 Å². The average Bonchev–Trinajstić information content (AvgIpc) is 3.42. The smallest absolute Gasteiger partial charge is 0.290 e. The van der Waals surface area contributed by atoms with Gasteiger partial charge in [-0.1, -0.05) is 12.1 Å². The van der Waals surface area contributed by atoms with E-state index in [1.807, 2.05) is 42.2 Å². The first kappa shape index (κ1) is 20.3. The third-order valence-electron chi connectivity index (χ3n) is 5.95. The second-order valence-corrected chi connectivity index (χ2v) is 8.09. The SMILES string of the molecule is CCN(C(=O)c1nc2ccccc2[nH]1)[C@@H]1C=C(NCc2cc3cc(F)ccc3o2)CCC1. The van der Waals surface area contributed by atoms with Crippen molar-refractivity contribution in [3.8, 4) is 0 Å². The highest BCUT2D eigenvalue weighted by Crippen LogP contribution is 2.24. The van der Waals surface area contributed by atoms with E-state index in [1.165, 1.54) is 12.1 Å². The molecule has 2 heterocycles. The summed E-state index contributed by atoms with van der Waals surface area (Å²) in [4.78, 5) is 22.7. The van der Waals surface area contributed by atoms with Gasteiger partial charge in [0.05, 0.1) is 23.6 Å². The first-order valence-electron chi connectivity index (χ1n) is 11.0. The molecular formula is C25H25FN4O2. The summed E-state index contributed by atoms with van der Waals surface area (Å²) in [5.41, 5.74) is 3.41. The summed E-state index contributed by atoms with van der Waals surface area (Å²) in [5, 5.41) is 4.19. The number of hydrogen-bond donors (Lipinski definition) is 2. The minimum atomic E-state index is -0.274. The molecule has 0 saturated heterocycles. The van der Waals surface area contributed by atoms with Crippen molar-refractivity contribution in [1.29, 1.82) is 0 Å². The first-order valence-corrected chi connectivity index (χ1v) is 11.0. The zero-order valence-corrected chi connectivity index (χ0v) is 17.9. The summed E-state index contributed by atoms with van der Waals surface area (Å²) >= 11 is 0. The fourth-order valence-electron chi connectivity index (χ4n) is 4.37. The Kier molecular flexibility index (Phi) is 5.39. The summed E-state index contributed by atoms with van der Waals surface area (Å²) < 4.78 is 19.2. The Morgan fingerprint density at radius 2 is 2.16 bits per heavy atom. The zero-order valence-electron chi connectivity index (χ0n) is 17.9. The van der Waals surface area contributed by atoms with E-state index >= 15 is 0 Å². The van der Waals surface area contributed by atoms with Crippen LogP contribution in [0.3, 0.4) is 0 Å². The van der Waals surface area contributed by atoms with Gasteiger partial charge in [0.1, 0.15) is 17.2 Å². The van der Waals surface area contributed by atoms with Gasteiger partial charge < -0.3 is 19.6 Å². The van der Waals surface area contributed by atoms with Crippen LogP contribution in [0.2, 0.25) is 0 Å². The van der Waals surface area contributed by atoms with Gasteiger partial charge in [-0.2, -0.15) is 0 Å². The average molecular weight is 432 g/mol. The number of H-pyrrole nitrogens is 1. The molecule has 0 bridgehead atoms. The lowest BCUT2D eigenvalue weighted by Crippen LogP contribution is -2.41. The van der Waals surface area contributed by atoms with E-state index in [9.17, 15) is 9.18 Å². The Hall–Kier alpha value is -3.61. The molecule has 1 aliphatic rings. The van der Waals surface area contributed by atoms with Crippen molar-refractivity contribution in [2.24, 2.45) is 0 Å². The number of halogens is 1. The van der Waals surface area contributed by atoms with Crippen molar-refractivity contribution in [2.75, 3.05) is 6.54 Å². The highest BCUT2D eigenvalue weighted by atomic mass is 19.1. The molecule has 0 unspecified atom stereocenters. The molecule has 0 aliphatic heterocycles. The highest BCUT2D eigenvalue weighted by molar-refractivity contribution is 5.94. The fraction of sp³-hybridized carbons (Fsp3) is 0.280. The fourth-order valence-corrected chi connectivity index (χ4v) is 4.37. The van der Waals surface area contributed by atoms with Crippen LogP contribution in [0.1, 0.15) is 42.6 Å². The minimum Gasteiger partial charge on any atom is -0.459 e. The molecule has 2 aromatic heterocycles. The van der Waals surface area contributed by atoms with Crippen LogP contribution >= 0.6 is 0 Å². The van der Waals surface area contributed by atoms with E-state index in [2.05, 4.69) is 21.4 Å². The number of nitrogens with one attached hydrogen (secondary N) is 2. The summed E-state index contributed by atoms with van der Waals surface area (Å²) in [6.07, 6.45) is 4.95. The lowest BCUT2D eigenvalue weighted by Gasteiger charge is -2.31. The maximum absolute atomic E-state index is 13.4. The van der Waals surface area contributed by atoms with Gasteiger partial charge in [-0.25, -0.2) is 9.37 Å². The highest BCUT2D eigenvalue weighted by Gasteiger charge is 2.26. The lowest BCUT2D eigenvalue weighted by atomic mass is 9.98. The Labute approximate surface area is 185 Å². The van der Waals surface area contributed by atoms with E-state index in [1.54, 1.807) is 6.07 Å². The number of fused-ring (bicyclic) bond motifs is 2. The molecule has 0 radical (unpaired) electrons. The molecule has 0 spiro atoms. The van der Waals surface area contributed by atoms with Crippen LogP contribution in [0.15, 0.2) is 64.7 Å². The normalized spacial score (nSPS) is 16.3. The number of imidazole rings is 1. The van der Waals surface area contributed by atoms with Gasteiger partial charge in [-0.15, -0.1) is 0 Å². The van der Waals surface area contributed by atoms with Gasteiger partial charge in [-0.3, -0.25) is 4.79 Å². The van der Waals surface area contributed by atoms with E-state index in [0.29, 0.717) is 24.5 Å². The van der Waals surface area contributed by atoms with Crippen molar-refractivity contribution in [2.45, 2.75) is 38.8 Å². The molecule has 164 valence electrons. The van der Waals surface area contributed by atoms with Crippen LogP contribution < -0.4 is 5.32 Å². The number of aromatic amines is 1. The van der Waals surface area contributed by atoms with Crippen LogP contribution in [0.5, 0.6) is 0 Å². The van der Waals surface area contributed by atoms with Gasteiger partial charge in [0.15, 0.2) is 5.82 Å². The van der Waals surface area contributed by atoms with Crippen LogP contribution in [0.25, 0.3) is 22.0 Å². The predicted molar refractivity (Wildman–Crippen MR) is 122 cm³/mol. The number of aromatic nitrogens is 2. The number of likely N-dealkylation sites (N-methyl/N-ethyl adjacent to an activating group) is 1. The number of rotatable bonds is 6. The third kappa shape index (κ3) is 3.98. The second-order valence-electron chi connectivity index (χ2n) is 8.09. The maximum atomic E-state index is 13.4. The van der Waals surface area contributed by atoms with Gasteiger partial charge in [-0.05, 0) is 68.7 Å². The van der Waals surface area contributed by atoms with Crippen LogP contribution in [-0.4, -0.2) is 33.4 Å². The quantitative estimate of drug-likeness (QED) is 0.443. The molecule has 2 N–H and O–H groups in total. The number of hydrogen-bond acceptors (Lipinski definition) is 4. The van der Waals surface area contributed by atoms with E-state index in [0.717, 1.165) is 47.1 Å². The summed E-state index contributed by atoms with van der Waals surface area (Å²) in [6, 6.07) is 14.0. The van der Waals surface area contributed by atoms with Gasteiger partial charge in [0.2, 0.25) is 0 Å². The van der Waals surface area contributed by atoms with Crippen molar-refractivity contribution < 1.29 is 13.6 Å². The number of carbonyl (C=O) groups excluding carboxylic acids is 1. The minimum absolute atomic E-state index is 0.00160. The molecule has 0 fully saturated rings. The second kappa shape index (κ2) is 8.49. The first-order chi connectivity index (χ1) is 15.6. The molecule has 4 aromatic rings. The molecule has 5 rings (SSSR count). The van der Waals surface area contributed by atoms with Gasteiger partial charge >= 0.3 is 0 Å². The van der Waals surface area contributed by atoms with Crippen LogP contribution in [0.4, 0.5) is 4.39 Å². The maximum Gasteiger partial charge on any atom is 0.290 e. The molecular weight excluding hydrogens is 407 g/mol. The molecule has 1 amide bonds. The number of amides is 1. The number of carbonyl (C=O) groups is 1. The van der Waals surface area contributed by atoms with Crippen molar-refractivity contribution in [1.82, 2.24) is 20.2 Å². The number of furan rings is 1. The number of benzene rings is 2. The molecule has 1 aliphatic carbocycles. The summed E-state index contributed by atoms with van der Waals surface area (Å²) in [6.45, 7) is 3.10. The van der Waals surface area contributed by atoms with Gasteiger partial charge in [0, 0.05) is 17.6 Å². The molecule has 6 nitrogen and oxygen atoms in total. The van der Waals surface area contributed by atoms with Crippen LogP contribution in [-0.2, 0) is 6.54 Å². The van der Waals surface area contributed by atoms with Gasteiger partial charge in [0.25, 0.3) is 5.91 Å². The standard InChI is InChI=1S/C25H25FN4O2/c1-2-30(25(31)24-28-21-8-3-4-9-22(21)29-24)19-7-5-6-18(14-19)27-15-20-13-16-12-17(26)10-11-23(16)32-20/h3-4,8-14,19,27H,2,5-7,15H2,1H3,(H,28,29)/t19-/m0/s1. The van der Waals surface area contributed by atoms with Crippen LogP contribution in [0, 0.1) is 5.82 Å². The molecule has 1 atom stereocenters. The lowest BCUT2D eigenvalue weighted by molar-refractivity contribution is 0.0700. The van der Waals surface area contributed by atoms with Crippen molar-refractivity contribution >= 4 is 27.9 Å². The summed E-state index contributed by atoms with van der Waals surface area (Å²) in [5.74, 6) is 0.755. The topological polar surface area (TPSA) is 74.2 Å². The van der Waals surface area contributed by atoms with E-state index in [4.69, 9.17) is 4.42 Å². The number of para-hydroxylation sites is 2. The van der Waals surface area contributed by atoms with E-state index < -0.39 is 0 Å². The largest absolute Gasteiger partial charge is 0.459 e.